The van der Waals surface area contributed by atoms with Crippen molar-refractivity contribution in [1.29, 1.82) is 0 Å². The third-order valence-corrected chi connectivity index (χ3v) is 2.20. The number of alkyl halides is 1. The molecule has 0 radical (unpaired) electrons. The fraction of sp³-hybridized carbons (Fsp3) is 0.667. The average molecular weight is 177 g/mol. The molecule has 0 aromatic rings. The van der Waals surface area contributed by atoms with E-state index < -0.39 is 0 Å². The number of quaternary nitrogens is 1. The van der Waals surface area contributed by atoms with Gasteiger partial charge >= 0.3 is 0 Å². The van der Waals surface area contributed by atoms with Gasteiger partial charge in [0.2, 0.25) is 0 Å². The summed E-state index contributed by atoms with van der Waals surface area (Å²) < 4.78 is 0.844. The van der Waals surface area contributed by atoms with Crippen molar-refractivity contribution in [1.82, 2.24) is 0 Å². The third kappa shape index (κ3) is 3.06. The Balaban J connectivity index is 3.58. The summed E-state index contributed by atoms with van der Waals surface area (Å²) in [4.78, 5) is 0. The first-order chi connectivity index (χ1) is 3.62. The summed E-state index contributed by atoms with van der Waals surface area (Å²) in [5, 5.41) is 0. The highest BCUT2D eigenvalue weighted by Gasteiger charge is 2.08. The summed E-state index contributed by atoms with van der Waals surface area (Å²) in [5.41, 5.74) is 0.914. The van der Waals surface area contributed by atoms with Crippen LogP contribution >= 0.6 is 15.9 Å². The zero-order chi connectivity index (χ0) is 6.62. The van der Waals surface area contributed by atoms with E-state index in [1.54, 1.807) is 0 Å². The summed E-state index contributed by atoms with van der Waals surface area (Å²) in [6, 6.07) is 0. The minimum atomic E-state index is 0.783. The first kappa shape index (κ1) is 8.00. The Kier molecular flexibility index (Phi) is 3.11. The molecule has 8 heavy (non-hydrogen) atoms. The van der Waals surface area contributed by atoms with Crippen molar-refractivity contribution in [2.24, 2.45) is 0 Å². The second kappa shape index (κ2) is 3.11. The van der Waals surface area contributed by atoms with Gasteiger partial charge in [-0.15, -0.1) is 6.42 Å². The summed E-state index contributed by atoms with van der Waals surface area (Å²) in [6.07, 6.45) is 5.10. The number of hydrogen-bond acceptors (Lipinski definition) is 0. The zero-order valence-corrected chi connectivity index (χ0v) is 6.90. The molecule has 0 amide bonds. The van der Waals surface area contributed by atoms with Crippen LogP contribution in [0.3, 0.4) is 0 Å². The van der Waals surface area contributed by atoms with Crippen molar-refractivity contribution >= 4 is 15.9 Å². The Morgan fingerprint density at radius 2 is 2.12 bits per heavy atom. The van der Waals surface area contributed by atoms with E-state index in [1.165, 1.54) is 0 Å². The molecule has 0 spiro atoms. The summed E-state index contributed by atoms with van der Waals surface area (Å²) in [6.45, 7) is 0.783. The van der Waals surface area contributed by atoms with Gasteiger partial charge in [-0.3, -0.25) is 0 Å². The molecule has 0 saturated heterocycles. The summed E-state index contributed by atoms with van der Waals surface area (Å²) in [7, 11) is 4.16. The van der Waals surface area contributed by atoms with Crippen LogP contribution in [0.2, 0.25) is 0 Å². The summed E-state index contributed by atoms with van der Waals surface area (Å²) >= 11 is 3.35. The lowest BCUT2D eigenvalue weighted by molar-refractivity contribution is -0.868. The number of hydrogen-bond donors (Lipinski definition) is 0. The quantitative estimate of drug-likeness (QED) is 0.256. The molecule has 0 unspecified atom stereocenters. The lowest BCUT2D eigenvalue weighted by Gasteiger charge is -2.23. The molecule has 0 saturated carbocycles. The van der Waals surface area contributed by atoms with Gasteiger partial charge in [0.1, 0.15) is 12.0 Å². The van der Waals surface area contributed by atoms with Gasteiger partial charge in [-0.2, -0.15) is 0 Å². The van der Waals surface area contributed by atoms with E-state index in [-0.39, 0.29) is 0 Å². The maximum atomic E-state index is 5.10. The Labute approximate surface area is 59.4 Å². The maximum Gasteiger partial charge on any atom is 0.140 e. The molecular weight excluding hydrogens is 166 g/mol. The van der Waals surface area contributed by atoms with Gasteiger partial charge in [0.25, 0.3) is 0 Å². The van der Waals surface area contributed by atoms with Gasteiger partial charge < -0.3 is 4.48 Å². The highest BCUT2D eigenvalue weighted by molar-refractivity contribution is 9.09. The second-order valence-electron chi connectivity index (χ2n) is 2.42. The largest absolute Gasteiger partial charge is 0.310 e. The third-order valence-electron chi connectivity index (χ3n) is 0.843. The fourth-order valence-corrected chi connectivity index (χ4v) is 0.467. The molecule has 0 aliphatic rings. The molecule has 0 atom stereocenters. The Morgan fingerprint density at radius 3 is 2.25 bits per heavy atom. The minimum absolute atomic E-state index is 0.783. The van der Waals surface area contributed by atoms with Crippen LogP contribution in [0.4, 0.5) is 0 Å². The number of nitrogens with zero attached hydrogens (tertiary/aromatic N) is 1. The predicted molar refractivity (Wildman–Crippen MR) is 39.6 cm³/mol. The highest BCUT2D eigenvalue weighted by Crippen LogP contribution is 1.98. The number of terminal acetylenes is 1. The van der Waals surface area contributed by atoms with Crippen LogP contribution < -0.4 is 0 Å². The van der Waals surface area contributed by atoms with Gasteiger partial charge in [-0.25, -0.2) is 0 Å². The van der Waals surface area contributed by atoms with E-state index in [4.69, 9.17) is 6.42 Å². The van der Waals surface area contributed by atoms with Gasteiger partial charge in [-0.05, 0) is 21.9 Å². The number of rotatable bonds is 2. The van der Waals surface area contributed by atoms with Gasteiger partial charge in [0.15, 0.2) is 0 Å². The molecule has 2 heteroatoms. The molecule has 0 rings (SSSR count). The van der Waals surface area contributed by atoms with Crippen LogP contribution in [0.5, 0.6) is 0 Å². The Morgan fingerprint density at radius 1 is 1.62 bits per heavy atom. The smallest absolute Gasteiger partial charge is 0.140 e. The molecule has 1 nitrogen and oxygen atoms in total. The van der Waals surface area contributed by atoms with E-state index in [0.29, 0.717) is 0 Å². The first-order valence-corrected chi connectivity index (χ1v) is 3.56. The molecule has 0 aliphatic carbocycles. The van der Waals surface area contributed by atoms with Crippen LogP contribution in [-0.2, 0) is 0 Å². The molecule has 0 bridgehead atoms. The molecule has 0 aromatic heterocycles. The van der Waals surface area contributed by atoms with E-state index in [2.05, 4.69) is 35.9 Å². The van der Waals surface area contributed by atoms with Gasteiger partial charge in [0.05, 0.1) is 14.1 Å². The highest BCUT2D eigenvalue weighted by atomic mass is 79.9. The molecule has 0 fully saturated rings. The van der Waals surface area contributed by atoms with E-state index in [1.807, 2.05) is 0 Å². The monoisotopic (exact) mass is 176 g/mol. The molecule has 46 valence electrons. The van der Waals surface area contributed by atoms with Crippen LogP contribution in [0, 0.1) is 12.3 Å². The Hall–Kier alpha value is 0. The van der Waals surface area contributed by atoms with Crippen LogP contribution in [-0.4, -0.2) is 30.6 Å². The average Bonchev–Trinajstić information content (AvgIpc) is 1.67. The first-order valence-electron chi connectivity index (χ1n) is 2.44. The van der Waals surface area contributed by atoms with Gasteiger partial charge in [-0.1, -0.05) is 0 Å². The van der Waals surface area contributed by atoms with Crippen molar-refractivity contribution < 1.29 is 4.48 Å². The molecule has 0 aromatic carbocycles. The van der Waals surface area contributed by atoms with E-state index >= 15 is 0 Å². The van der Waals surface area contributed by atoms with Gasteiger partial charge in [0, 0.05) is 0 Å². The normalized spacial score (nSPS) is 10.8. The standard InChI is InChI=1S/C6H11BrN/c1-4-5-8(2,3)6-7/h1H,5-6H2,2-3H3/q+1. The van der Waals surface area contributed by atoms with Crippen LogP contribution in [0.25, 0.3) is 0 Å². The van der Waals surface area contributed by atoms with Crippen LogP contribution in [0.1, 0.15) is 0 Å². The van der Waals surface area contributed by atoms with Crippen molar-refractivity contribution in [3.63, 3.8) is 0 Å². The number of halogens is 1. The van der Waals surface area contributed by atoms with Crippen molar-refractivity contribution in [3.05, 3.63) is 0 Å². The van der Waals surface area contributed by atoms with E-state index in [9.17, 15) is 0 Å². The van der Waals surface area contributed by atoms with Crippen molar-refractivity contribution in [2.45, 2.75) is 0 Å². The maximum absolute atomic E-state index is 5.10. The van der Waals surface area contributed by atoms with Crippen molar-refractivity contribution in [2.75, 3.05) is 26.1 Å². The zero-order valence-electron chi connectivity index (χ0n) is 5.32. The van der Waals surface area contributed by atoms with E-state index in [0.717, 1.165) is 16.5 Å². The second-order valence-corrected chi connectivity index (χ2v) is 2.92. The van der Waals surface area contributed by atoms with Crippen LogP contribution in [0.15, 0.2) is 0 Å². The molecular formula is C6H11BrN+. The lowest BCUT2D eigenvalue weighted by atomic mass is 10.5. The molecule has 0 heterocycles. The molecule has 0 aliphatic heterocycles. The summed E-state index contributed by atoms with van der Waals surface area (Å²) in [5.74, 6) is 2.60. The van der Waals surface area contributed by atoms with Crippen molar-refractivity contribution in [3.8, 4) is 12.3 Å². The lowest BCUT2D eigenvalue weighted by Crippen LogP contribution is -2.37. The SMILES string of the molecule is C#CC[N+](C)(C)CBr. The fourth-order valence-electron chi connectivity index (χ4n) is 0.289. The Bertz CT molecular complexity index is 102. The molecule has 0 N–H and O–H groups in total. The minimum Gasteiger partial charge on any atom is -0.310 e. The predicted octanol–water partition coefficient (Wildman–Crippen LogP) is 1.05. The topological polar surface area (TPSA) is 0 Å².